The Balaban J connectivity index is 1.78. The molecule has 0 bridgehead atoms. The van der Waals surface area contributed by atoms with Crippen LogP contribution in [0.3, 0.4) is 0 Å². The summed E-state index contributed by atoms with van der Waals surface area (Å²) >= 11 is 8.15. The molecule has 2 N–H and O–H groups in total. The maximum atomic E-state index is 12.2. The van der Waals surface area contributed by atoms with Gasteiger partial charge < -0.3 is 5.32 Å². The SMILES string of the molecule is Cc1ccc(S(=O)(=O)NCCCSC(=N[N+](=O)[O-])NCc2cnc(Cl)s2)cc1. The molecule has 0 saturated heterocycles. The van der Waals surface area contributed by atoms with E-state index < -0.39 is 15.1 Å². The van der Waals surface area contributed by atoms with E-state index in [1.165, 1.54) is 11.3 Å². The second-order valence-electron chi connectivity index (χ2n) is 5.49. The van der Waals surface area contributed by atoms with Gasteiger partial charge in [0, 0.05) is 23.4 Å². The summed E-state index contributed by atoms with van der Waals surface area (Å²) in [5.41, 5.74) is 0.973. The first kappa shape index (κ1) is 22.6. The van der Waals surface area contributed by atoms with Gasteiger partial charge in [-0.15, -0.1) is 11.3 Å². The first-order valence-electron chi connectivity index (χ1n) is 8.02. The summed E-state index contributed by atoms with van der Waals surface area (Å²) in [4.78, 5) is 15.6. The number of rotatable bonds is 9. The van der Waals surface area contributed by atoms with Crippen molar-refractivity contribution >= 4 is 49.9 Å². The lowest BCUT2D eigenvalue weighted by molar-refractivity contribution is -0.484. The zero-order valence-corrected chi connectivity index (χ0v) is 18.0. The van der Waals surface area contributed by atoms with Crippen LogP contribution in [0.1, 0.15) is 16.9 Å². The van der Waals surface area contributed by atoms with Crippen LogP contribution in [-0.4, -0.2) is 35.9 Å². The minimum Gasteiger partial charge on any atom is -0.355 e. The fourth-order valence-electron chi connectivity index (χ4n) is 1.97. The molecule has 0 spiro atoms. The number of nitrogens with zero attached hydrogens (tertiary/aromatic N) is 3. The number of thioether (sulfide) groups is 1. The number of nitro groups is 1. The molecule has 1 aromatic carbocycles. The van der Waals surface area contributed by atoms with Gasteiger partial charge in [-0.25, -0.2) is 28.2 Å². The number of halogens is 1. The van der Waals surface area contributed by atoms with Gasteiger partial charge >= 0.3 is 0 Å². The topological polar surface area (TPSA) is 127 Å². The summed E-state index contributed by atoms with van der Waals surface area (Å²) in [6, 6.07) is 6.55. The summed E-state index contributed by atoms with van der Waals surface area (Å²) in [6.07, 6.45) is 2.05. The van der Waals surface area contributed by atoms with Gasteiger partial charge in [-0.1, -0.05) is 41.1 Å². The molecule has 0 saturated carbocycles. The number of hydrogen-bond acceptors (Lipinski definition) is 7. The van der Waals surface area contributed by atoms with Gasteiger partial charge in [0.15, 0.2) is 9.50 Å². The minimum atomic E-state index is -3.57. The first-order chi connectivity index (χ1) is 13.3. The van der Waals surface area contributed by atoms with E-state index in [1.807, 2.05) is 6.92 Å². The van der Waals surface area contributed by atoms with Crippen molar-refractivity contribution in [3.05, 3.63) is 55.5 Å². The van der Waals surface area contributed by atoms with Gasteiger partial charge in [-0.2, -0.15) is 0 Å². The summed E-state index contributed by atoms with van der Waals surface area (Å²) < 4.78 is 27.3. The minimum absolute atomic E-state index is 0.135. The Labute approximate surface area is 175 Å². The standard InChI is InChI=1S/C15H18ClN5O4S3/c1-11-3-5-13(6-4-11)28(24,25)19-7-2-8-26-15(20-21(22)23)18-10-12-9-17-14(16)27-12/h3-6,9,19H,2,7-8,10H2,1H3,(H,18,20). The fourth-order valence-corrected chi connectivity index (χ4v) is 4.74. The molecular weight excluding hydrogens is 446 g/mol. The third kappa shape index (κ3) is 7.72. The quantitative estimate of drug-likeness (QED) is 0.192. The second-order valence-corrected chi connectivity index (χ2v) is 10.0. The highest BCUT2D eigenvalue weighted by molar-refractivity contribution is 8.13. The molecule has 1 heterocycles. The molecule has 1 aromatic heterocycles. The molecule has 0 radical (unpaired) electrons. The molecule has 0 aliphatic heterocycles. The van der Waals surface area contributed by atoms with Gasteiger partial charge in [-0.3, -0.25) is 0 Å². The van der Waals surface area contributed by atoms with Crippen LogP contribution < -0.4 is 10.0 Å². The maximum Gasteiger partial charge on any atom is 0.240 e. The molecule has 0 amide bonds. The molecule has 0 fully saturated rings. The maximum absolute atomic E-state index is 12.2. The smallest absolute Gasteiger partial charge is 0.240 e. The molecule has 13 heteroatoms. The van der Waals surface area contributed by atoms with Crippen LogP contribution in [0.2, 0.25) is 4.47 Å². The zero-order chi connectivity index (χ0) is 20.6. The summed E-state index contributed by atoms with van der Waals surface area (Å²) in [6.45, 7) is 2.40. The number of aromatic nitrogens is 1. The van der Waals surface area contributed by atoms with Crippen LogP contribution in [0.15, 0.2) is 40.5 Å². The normalized spacial score (nSPS) is 12.1. The van der Waals surface area contributed by atoms with Gasteiger partial charge in [0.2, 0.25) is 15.2 Å². The largest absolute Gasteiger partial charge is 0.355 e. The number of amidine groups is 1. The highest BCUT2D eigenvalue weighted by atomic mass is 35.5. The highest BCUT2D eigenvalue weighted by Gasteiger charge is 2.13. The second kappa shape index (κ2) is 10.7. The van der Waals surface area contributed by atoms with E-state index >= 15 is 0 Å². The molecule has 0 aliphatic rings. The monoisotopic (exact) mass is 463 g/mol. The number of hydrazone groups is 1. The molecule has 152 valence electrons. The summed E-state index contributed by atoms with van der Waals surface area (Å²) in [5, 5.41) is 16.2. The Bertz CT molecular complexity index is 931. The van der Waals surface area contributed by atoms with E-state index in [9.17, 15) is 18.5 Å². The van der Waals surface area contributed by atoms with Crippen molar-refractivity contribution in [2.24, 2.45) is 5.10 Å². The molecule has 0 atom stereocenters. The van der Waals surface area contributed by atoms with E-state index in [0.717, 1.165) is 22.2 Å². The number of hydrogen-bond donors (Lipinski definition) is 2. The van der Waals surface area contributed by atoms with E-state index in [0.29, 0.717) is 23.2 Å². The van der Waals surface area contributed by atoms with E-state index in [-0.39, 0.29) is 16.6 Å². The molecule has 2 rings (SSSR count). The van der Waals surface area contributed by atoms with E-state index in [1.54, 1.807) is 30.5 Å². The van der Waals surface area contributed by atoms with Gasteiger partial charge in [0.05, 0.1) is 16.5 Å². The molecule has 28 heavy (non-hydrogen) atoms. The highest BCUT2D eigenvalue weighted by Crippen LogP contribution is 2.18. The van der Waals surface area contributed by atoms with Gasteiger partial charge in [-0.05, 0) is 25.5 Å². The number of aryl methyl sites for hydroxylation is 1. The Morgan fingerprint density at radius 1 is 1.39 bits per heavy atom. The molecule has 9 nitrogen and oxygen atoms in total. The Morgan fingerprint density at radius 2 is 2.11 bits per heavy atom. The third-order valence-corrected chi connectivity index (χ3v) is 6.88. The zero-order valence-electron chi connectivity index (χ0n) is 14.8. The van der Waals surface area contributed by atoms with E-state index in [4.69, 9.17) is 11.6 Å². The van der Waals surface area contributed by atoms with Crippen molar-refractivity contribution < 1.29 is 13.5 Å². The molecule has 2 aromatic rings. The molecule has 0 unspecified atom stereocenters. The first-order valence-corrected chi connectivity index (χ1v) is 11.7. The number of benzene rings is 1. The summed E-state index contributed by atoms with van der Waals surface area (Å²) in [5.74, 6) is 0.444. The fraction of sp³-hybridized carbons (Fsp3) is 0.333. The number of thiazole rings is 1. The van der Waals surface area contributed by atoms with Crippen LogP contribution in [0.25, 0.3) is 0 Å². The van der Waals surface area contributed by atoms with Crippen LogP contribution in [0, 0.1) is 17.0 Å². The lowest BCUT2D eigenvalue weighted by Gasteiger charge is -2.08. The average molecular weight is 464 g/mol. The predicted octanol–water partition coefficient (Wildman–Crippen LogP) is 2.84. The van der Waals surface area contributed by atoms with Crippen molar-refractivity contribution in [1.82, 2.24) is 15.0 Å². The predicted molar refractivity (Wildman–Crippen MR) is 112 cm³/mol. The van der Waals surface area contributed by atoms with E-state index in [2.05, 4.69) is 20.1 Å². The molecular formula is C15H18ClN5O4S3. The van der Waals surface area contributed by atoms with Crippen LogP contribution in [0.5, 0.6) is 0 Å². The van der Waals surface area contributed by atoms with Crippen molar-refractivity contribution in [3.8, 4) is 0 Å². The third-order valence-electron chi connectivity index (χ3n) is 3.29. The van der Waals surface area contributed by atoms with Crippen LogP contribution in [-0.2, 0) is 16.6 Å². The van der Waals surface area contributed by atoms with Crippen molar-refractivity contribution in [2.75, 3.05) is 12.3 Å². The summed E-state index contributed by atoms with van der Waals surface area (Å²) in [7, 11) is -3.57. The lowest BCUT2D eigenvalue weighted by atomic mass is 10.2. The Hall–Kier alpha value is -1.73. The van der Waals surface area contributed by atoms with Crippen molar-refractivity contribution in [1.29, 1.82) is 0 Å². The Morgan fingerprint density at radius 3 is 2.71 bits per heavy atom. The lowest BCUT2D eigenvalue weighted by Crippen LogP contribution is -2.26. The number of nitrogens with one attached hydrogen (secondary N) is 2. The van der Waals surface area contributed by atoms with Crippen LogP contribution >= 0.6 is 34.7 Å². The van der Waals surface area contributed by atoms with Crippen LogP contribution in [0.4, 0.5) is 0 Å². The Kier molecular flexibility index (Phi) is 8.63. The van der Waals surface area contributed by atoms with Crippen molar-refractivity contribution in [2.45, 2.75) is 24.8 Å². The van der Waals surface area contributed by atoms with Gasteiger partial charge in [0.25, 0.3) is 0 Å². The van der Waals surface area contributed by atoms with Crippen molar-refractivity contribution in [3.63, 3.8) is 0 Å². The molecule has 0 aliphatic carbocycles. The average Bonchev–Trinajstić information content (AvgIpc) is 3.04. The van der Waals surface area contributed by atoms with Gasteiger partial charge in [0.1, 0.15) is 0 Å². The number of sulfonamides is 1.